The van der Waals surface area contributed by atoms with Crippen molar-refractivity contribution in [3.8, 4) is 0 Å². The number of aromatic amines is 1. The van der Waals surface area contributed by atoms with Crippen molar-refractivity contribution in [1.82, 2.24) is 20.4 Å². The molecule has 2 aliphatic rings. The van der Waals surface area contributed by atoms with Gasteiger partial charge < -0.3 is 10.2 Å². The minimum absolute atomic E-state index is 0.00234. The molecule has 0 radical (unpaired) electrons. The van der Waals surface area contributed by atoms with Crippen molar-refractivity contribution in [3.05, 3.63) is 29.5 Å². The summed E-state index contributed by atoms with van der Waals surface area (Å²) in [5, 5.41) is 11.1. The topological polar surface area (TPSA) is 78.1 Å². The fourth-order valence-corrected chi connectivity index (χ4v) is 4.05. The zero-order valence-corrected chi connectivity index (χ0v) is 15.6. The number of fused-ring (bicyclic) bond motifs is 1. The van der Waals surface area contributed by atoms with Gasteiger partial charge in [0.05, 0.1) is 17.8 Å². The highest BCUT2D eigenvalue weighted by atomic mass is 16.2. The first-order chi connectivity index (χ1) is 12.4. The molecule has 0 bridgehead atoms. The Kier molecular flexibility index (Phi) is 4.21. The van der Waals surface area contributed by atoms with E-state index < -0.39 is 0 Å². The first-order valence-electron chi connectivity index (χ1n) is 9.45. The molecule has 2 aromatic rings. The number of aryl methyl sites for hydroxylation is 1. The van der Waals surface area contributed by atoms with E-state index in [1.807, 2.05) is 24.0 Å². The highest BCUT2D eigenvalue weighted by Crippen LogP contribution is 2.41. The van der Waals surface area contributed by atoms with E-state index in [1.165, 1.54) is 6.42 Å². The normalized spacial score (nSPS) is 27.7. The Labute approximate surface area is 153 Å². The third-order valence-electron chi connectivity index (χ3n) is 6.13. The Balaban J connectivity index is 1.42. The van der Waals surface area contributed by atoms with Gasteiger partial charge in [-0.25, -0.2) is 0 Å². The summed E-state index contributed by atoms with van der Waals surface area (Å²) in [7, 11) is 0. The predicted octanol–water partition coefficient (Wildman–Crippen LogP) is 2.49. The van der Waals surface area contributed by atoms with Crippen molar-refractivity contribution in [2.75, 3.05) is 13.1 Å². The average molecular weight is 354 g/mol. The second-order valence-electron chi connectivity index (χ2n) is 8.10. The summed E-state index contributed by atoms with van der Waals surface area (Å²) in [4.78, 5) is 27.2. The lowest BCUT2D eigenvalue weighted by Gasteiger charge is -2.18. The van der Waals surface area contributed by atoms with Crippen LogP contribution in [0.1, 0.15) is 42.6 Å². The van der Waals surface area contributed by atoms with Crippen molar-refractivity contribution in [2.24, 2.45) is 17.8 Å². The number of carbonyl (C=O) groups excluding carboxylic acids is 2. The highest BCUT2D eigenvalue weighted by Gasteiger charge is 2.38. The number of carbonyl (C=O) groups is 2. The number of nitrogens with one attached hydrogen (secondary N) is 2. The molecule has 2 fully saturated rings. The summed E-state index contributed by atoms with van der Waals surface area (Å²) in [5.41, 5.74) is 2.53. The molecular formula is C20H26N4O2. The zero-order chi connectivity index (χ0) is 18.4. The number of nitrogens with zero attached hydrogens (tertiary/aromatic N) is 2. The average Bonchev–Trinajstić information content (AvgIpc) is 3.00. The van der Waals surface area contributed by atoms with E-state index in [9.17, 15) is 9.59 Å². The molecule has 4 unspecified atom stereocenters. The maximum atomic E-state index is 12.8. The Hall–Kier alpha value is -2.37. The number of hydrogen-bond donors (Lipinski definition) is 2. The number of benzene rings is 1. The molecule has 0 spiro atoms. The van der Waals surface area contributed by atoms with Gasteiger partial charge in [-0.2, -0.15) is 5.10 Å². The van der Waals surface area contributed by atoms with E-state index in [1.54, 1.807) is 6.20 Å². The molecule has 2 heterocycles. The first-order valence-corrected chi connectivity index (χ1v) is 9.45. The van der Waals surface area contributed by atoms with Crippen molar-refractivity contribution in [3.63, 3.8) is 0 Å². The lowest BCUT2D eigenvalue weighted by Crippen LogP contribution is -2.40. The molecule has 1 aromatic heterocycles. The molecule has 4 atom stereocenters. The van der Waals surface area contributed by atoms with Crippen molar-refractivity contribution >= 4 is 22.7 Å². The zero-order valence-electron chi connectivity index (χ0n) is 15.6. The van der Waals surface area contributed by atoms with E-state index in [0.29, 0.717) is 30.4 Å². The Morgan fingerprint density at radius 2 is 2.04 bits per heavy atom. The lowest BCUT2D eigenvalue weighted by atomic mass is 10.0. The summed E-state index contributed by atoms with van der Waals surface area (Å²) in [6.45, 7) is 7.58. The van der Waals surface area contributed by atoms with Gasteiger partial charge in [-0.05, 0) is 48.8 Å². The summed E-state index contributed by atoms with van der Waals surface area (Å²) < 4.78 is 0. The van der Waals surface area contributed by atoms with Gasteiger partial charge in [-0.1, -0.05) is 13.8 Å². The Morgan fingerprint density at radius 3 is 2.77 bits per heavy atom. The maximum Gasteiger partial charge on any atom is 0.251 e. The van der Waals surface area contributed by atoms with Crippen molar-refractivity contribution in [2.45, 2.75) is 39.7 Å². The van der Waals surface area contributed by atoms with Gasteiger partial charge in [0, 0.05) is 30.5 Å². The van der Waals surface area contributed by atoms with E-state index in [4.69, 9.17) is 0 Å². The van der Waals surface area contributed by atoms with Gasteiger partial charge in [0.15, 0.2) is 0 Å². The number of rotatable bonds is 4. The molecule has 1 aliphatic carbocycles. The molecule has 1 saturated carbocycles. The molecule has 1 aromatic carbocycles. The van der Waals surface area contributed by atoms with Crippen LogP contribution in [0.15, 0.2) is 18.3 Å². The fraction of sp³-hybridized carbons (Fsp3) is 0.550. The minimum Gasteiger partial charge on any atom is -0.347 e. The van der Waals surface area contributed by atoms with Crippen LogP contribution in [0.4, 0.5) is 0 Å². The summed E-state index contributed by atoms with van der Waals surface area (Å²) in [5.74, 6) is 1.68. The molecule has 138 valence electrons. The standard InChI is InChI=1S/C20H26N4O2/c1-11-6-14(11)7-19(25)24-9-12(2)18(10-24)22-20(26)15-4-5-17-16(13(15)3)8-21-23-17/h4-5,8,11-12,14,18H,6-7,9-10H2,1-3H3,(H,21,23)(H,22,26). The largest absolute Gasteiger partial charge is 0.347 e. The molecule has 26 heavy (non-hydrogen) atoms. The molecule has 6 heteroatoms. The second-order valence-corrected chi connectivity index (χ2v) is 8.10. The van der Waals surface area contributed by atoms with E-state index in [2.05, 4.69) is 29.4 Å². The monoisotopic (exact) mass is 354 g/mol. The van der Waals surface area contributed by atoms with Crippen LogP contribution in [0.25, 0.3) is 10.9 Å². The maximum absolute atomic E-state index is 12.8. The lowest BCUT2D eigenvalue weighted by molar-refractivity contribution is -0.130. The van der Waals surface area contributed by atoms with Gasteiger partial charge >= 0.3 is 0 Å². The van der Waals surface area contributed by atoms with Gasteiger partial charge in [0.25, 0.3) is 5.91 Å². The molecule has 1 saturated heterocycles. The van der Waals surface area contributed by atoms with Gasteiger partial charge in [0.1, 0.15) is 0 Å². The quantitative estimate of drug-likeness (QED) is 0.885. The fourth-order valence-electron chi connectivity index (χ4n) is 4.05. The van der Waals surface area contributed by atoms with Crippen LogP contribution in [0, 0.1) is 24.7 Å². The molecular weight excluding hydrogens is 328 g/mol. The van der Waals surface area contributed by atoms with Crippen LogP contribution in [0.2, 0.25) is 0 Å². The van der Waals surface area contributed by atoms with Crippen molar-refractivity contribution < 1.29 is 9.59 Å². The number of likely N-dealkylation sites (tertiary alicyclic amines) is 1. The van der Waals surface area contributed by atoms with Gasteiger partial charge in [0.2, 0.25) is 5.91 Å². The van der Waals surface area contributed by atoms with Gasteiger partial charge in [-0.3, -0.25) is 14.7 Å². The SMILES string of the molecule is Cc1c(C(=O)NC2CN(C(=O)CC3CC3C)CC2C)ccc2[nH]ncc12. The van der Waals surface area contributed by atoms with Gasteiger partial charge in [-0.15, -0.1) is 0 Å². The summed E-state index contributed by atoms with van der Waals surface area (Å²) in [6, 6.07) is 3.72. The third kappa shape index (κ3) is 3.08. The molecule has 6 nitrogen and oxygen atoms in total. The molecule has 2 N–H and O–H groups in total. The van der Waals surface area contributed by atoms with E-state index in [0.717, 1.165) is 23.0 Å². The van der Waals surface area contributed by atoms with E-state index >= 15 is 0 Å². The van der Waals surface area contributed by atoms with Crippen LogP contribution in [0.5, 0.6) is 0 Å². The second kappa shape index (κ2) is 6.41. The van der Waals surface area contributed by atoms with Crippen LogP contribution in [-0.4, -0.2) is 46.0 Å². The van der Waals surface area contributed by atoms with Crippen LogP contribution < -0.4 is 5.32 Å². The number of aromatic nitrogens is 2. The first kappa shape index (κ1) is 17.1. The van der Waals surface area contributed by atoms with Crippen LogP contribution in [-0.2, 0) is 4.79 Å². The van der Waals surface area contributed by atoms with Crippen LogP contribution in [0.3, 0.4) is 0 Å². The smallest absolute Gasteiger partial charge is 0.251 e. The predicted molar refractivity (Wildman–Crippen MR) is 99.7 cm³/mol. The third-order valence-corrected chi connectivity index (χ3v) is 6.13. The minimum atomic E-state index is -0.0763. The molecule has 1 aliphatic heterocycles. The van der Waals surface area contributed by atoms with E-state index in [-0.39, 0.29) is 23.8 Å². The summed E-state index contributed by atoms with van der Waals surface area (Å²) >= 11 is 0. The van der Waals surface area contributed by atoms with Crippen molar-refractivity contribution in [1.29, 1.82) is 0 Å². The Bertz CT molecular complexity index is 859. The summed E-state index contributed by atoms with van der Waals surface area (Å²) in [6.07, 6.45) is 3.58. The van der Waals surface area contributed by atoms with Crippen LogP contribution >= 0.6 is 0 Å². The highest BCUT2D eigenvalue weighted by molar-refractivity contribution is 6.00. The number of hydrogen-bond acceptors (Lipinski definition) is 3. The Morgan fingerprint density at radius 1 is 1.27 bits per heavy atom. The number of H-pyrrole nitrogens is 1. The molecule has 2 amide bonds. The molecule has 4 rings (SSSR count). The number of amides is 2.